The van der Waals surface area contributed by atoms with E-state index in [9.17, 15) is 0 Å². The zero-order valence-corrected chi connectivity index (χ0v) is 54.4. The van der Waals surface area contributed by atoms with Crippen LogP contribution < -0.4 is 0 Å². The number of fused-ring (bicyclic) bond motifs is 10. The van der Waals surface area contributed by atoms with Gasteiger partial charge in [0.05, 0.1) is 22.1 Å². The molecule has 2 aromatic heterocycles. The van der Waals surface area contributed by atoms with Crippen molar-refractivity contribution < 1.29 is 0 Å². The van der Waals surface area contributed by atoms with Crippen LogP contribution in [0.3, 0.4) is 0 Å². The lowest BCUT2D eigenvalue weighted by Gasteiger charge is -2.20. The number of rotatable bonds is 10. The highest BCUT2D eigenvalue weighted by molar-refractivity contribution is 6.26. The molecule has 18 aromatic carbocycles. The molecule has 0 radical (unpaired) electrons. The van der Waals surface area contributed by atoms with Gasteiger partial charge in [0.15, 0.2) is 0 Å². The van der Waals surface area contributed by atoms with E-state index < -0.39 is 0 Å². The smallest absolute Gasteiger partial charge is 0.145 e. The fraction of sp³-hybridized carbons (Fsp3) is 0. The molecule has 0 unspecified atom stereocenters. The molecule has 100 heavy (non-hydrogen) atoms. The van der Waals surface area contributed by atoms with E-state index >= 15 is 0 Å². The average Bonchev–Trinajstić information content (AvgIpc) is 1.39. The third kappa shape index (κ3) is 9.22. The normalized spacial score (nSPS) is 11.8. The number of aromatic nitrogens is 4. The minimum Gasteiger partial charge on any atom is -0.292 e. The van der Waals surface area contributed by atoms with Crippen molar-refractivity contribution in [1.29, 1.82) is 0 Å². The number of benzene rings is 18. The minimum absolute atomic E-state index is 0.890. The largest absolute Gasteiger partial charge is 0.292 e. The Balaban J connectivity index is 0.681. The zero-order chi connectivity index (χ0) is 65.8. The van der Waals surface area contributed by atoms with Gasteiger partial charge in [-0.1, -0.05) is 303 Å². The van der Waals surface area contributed by atoms with Gasteiger partial charge in [0.25, 0.3) is 0 Å². The molecule has 0 spiro atoms. The van der Waals surface area contributed by atoms with Gasteiger partial charge in [0.2, 0.25) is 0 Å². The number of imidazole rings is 2. The second-order valence-corrected chi connectivity index (χ2v) is 26.3. The Morgan fingerprint density at radius 1 is 0.190 bits per heavy atom. The molecular weight excluding hydrogens is 1210 g/mol. The van der Waals surface area contributed by atoms with Crippen LogP contribution >= 0.6 is 0 Å². The van der Waals surface area contributed by atoms with Gasteiger partial charge in [-0.05, 0) is 197 Å². The summed E-state index contributed by atoms with van der Waals surface area (Å²) in [6.07, 6.45) is 0. The van der Waals surface area contributed by atoms with Crippen molar-refractivity contribution in [2.45, 2.75) is 0 Å². The highest BCUT2D eigenvalue weighted by Gasteiger charge is 2.24. The van der Waals surface area contributed by atoms with E-state index in [0.717, 1.165) is 78.5 Å². The van der Waals surface area contributed by atoms with Crippen molar-refractivity contribution in [1.82, 2.24) is 19.1 Å². The molecular formula is C96H60N4. The summed E-state index contributed by atoms with van der Waals surface area (Å²) in [6, 6.07) is 133. The number of para-hydroxylation sites is 3. The second-order valence-electron chi connectivity index (χ2n) is 26.3. The van der Waals surface area contributed by atoms with E-state index in [1.54, 1.807) is 0 Å². The molecule has 0 N–H and O–H groups in total. The summed E-state index contributed by atoms with van der Waals surface area (Å²) in [6.45, 7) is 0. The first-order valence-electron chi connectivity index (χ1n) is 34.4. The van der Waals surface area contributed by atoms with Crippen LogP contribution in [0.2, 0.25) is 0 Å². The van der Waals surface area contributed by atoms with Crippen LogP contribution in [0.15, 0.2) is 364 Å². The van der Waals surface area contributed by atoms with Crippen molar-refractivity contribution in [2.75, 3.05) is 0 Å². The van der Waals surface area contributed by atoms with E-state index in [2.05, 4.69) is 373 Å². The Morgan fingerprint density at radius 3 is 1.15 bits per heavy atom. The molecule has 0 fully saturated rings. The van der Waals surface area contributed by atoms with Crippen molar-refractivity contribution in [3.8, 4) is 101 Å². The van der Waals surface area contributed by atoms with Gasteiger partial charge >= 0.3 is 0 Å². The van der Waals surface area contributed by atoms with Gasteiger partial charge in [-0.25, -0.2) is 9.97 Å². The van der Waals surface area contributed by atoms with Crippen LogP contribution in [0.5, 0.6) is 0 Å². The topological polar surface area (TPSA) is 35.6 Å². The summed E-state index contributed by atoms with van der Waals surface area (Å²) in [5.41, 5.74) is 22.5. The SMILES string of the molecule is c1ccc(-c2nc3ccccc3n2-c2ccc(-c3c4ccccc4c(-c4cc5ccc(-c6cccc7c6nc(-c6ccccc6)n7-c6ccc(-c7c8ccccc8c(-c8ccc(-c9ccc%10ccccc%10c9)cc8)c8ccccc78)cc6)cc5c5ccccc45)c4ccccc34)cc2)cc1. The number of nitrogens with zero attached hydrogens (tertiary/aromatic N) is 4. The molecule has 20 rings (SSSR count). The van der Waals surface area contributed by atoms with Gasteiger partial charge in [0.1, 0.15) is 11.6 Å². The molecule has 0 atom stereocenters. The maximum absolute atomic E-state index is 5.66. The Labute approximate surface area is 577 Å². The third-order valence-electron chi connectivity index (χ3n) is 20.7. The van der Waals surface area contributed by atoms with Crippen LogP contribution in [-0.2, 0) is 0 Å². The van der Waals surface area contributed by atoms with Gasteiger partial charge < -0.3 is 0 Å². The lowest BCUT2D eigenvalue weighted by molar-refractivity contribution is 1.10. The van der Waals surface area contributed by atoms with Crippen LogP contribution in [0.25, 0.3) is 198 Å². The zero-order valence-electron chi connectivity index (χ0n) is 54.4. The van der Waals surface area contributed by atoms with Crippen LogP contribution in [-0.4, -0.2) is 19.1 Å². The monoisotopic (exact) mass is 1270 g/mol. The summed E-state index contributed by atoms with van der Waals surface area (Å²) in [7, 11) is 0. The fourth-order valence-corrected chi connectivity index (χ4v) is 16.2. The highest BCUT2D eigenvalue weighted by Crippen LogP contribution is 2.49. The molecule has 4 heteroatoms. The summed E-state index contributed by atoms with van der Waals surface area (Å²) < 4.78 is 4.63. The lowest BCUT2D eigenvalue weighted by Crippen LogP contribution is -1.98. The molecule has 0 amide bonds. The summed E-state index contributed by atoms with van der Waals surface area (Å²) >= 11 is 0. The maximum Gasteiger partial charge on any atom is 0.145 e. The predicted molar refractivity (Wildman–Crippen MR) is 422 cm³/mol. The Bertz CT molecular complexity index is 6550. The lowest BCUT2D eigenvalue weighted by atomic mass is 9.83. The van der Waals surface area contributed by atoms with Crippen molar-refractivity contribution in [2.24, 2.45) is 0 Å². The Hall–Kier alpha value is -13.3. The molecule has 0 saturated heterocycles. The second kappa shape index (κ2) is 23.2. The van der Waals surface area contributed by atoms with Gasteiger partial charge in [0, 0.05) is 28.1 Å². The fourth-order valence-electron chi connectivity index (χ4n) is 16.2. The molecule has 0 aliphatic carbocycles. The van der Waals surface area contributed by atoms with Gasteiger partial charge in [-0.2, -0.15) is 0 Å². The molecule has 0 aliphatic heterocycles. The first-order valence-corrected chi connectivity index (χ1v) is 34.4. The average molecular weight is 1270 g/mol. The predicted octanol–water partition coefficient (Wildman–Crippen LogP) is 25.8. The van der Waals surface area contributed by atoms with E-state index in [4.69, 9.17) is 9.97 Å². The van der Waals surface area contributed by atoms with Gasteiger partial charge in [-0.15, -0.1) is 0 Å². The van der Waals surface area contributed by atoms with Crippen molar-refractivity contribution >= 4 is 97.5 Å². The molecule has 0 aliphatic rings. The van der Waals surface area contributed by atoms with E-state index in [1.807, 2.05) is 0 Å². The first-order chi connectivity index (χ1) is 49.6. The molecule has 0 bridgehead atoms. The van der Waals surface area contributed by atoms with Crippen LogP contribution in [0.1, 0.15) is 0 Å². The quantitative estimate of drug-likeness (QED) is 0.101. The van der Waals surface area contributed by atoms with Crippen molar-refractivity contribution in [3.05, 3.63) is 364 Å². The third-order valence-corrected chi connectivity index (χ3v) is 20.7. The molecule has 4 nitrogen and oxygen atoms in total. The standard InChI is InChI=1S/C96H60N4/c1-3-23-66(24-4-1)95-97-87-39-19-20-40-88(87)99(95)72-54-50-65(51-55-72)92-81-34-15-17-36-83(81)93(84-37-18-16-35-82(84)92)86-60-71-49-48-70(59-85(71)75-28-9-10-29-76(75)86)74-38-21-41-89-94(74)98-96(67-25-5-2-6-26-67)100(89)73-56-52-64(53-57-73)91-79-32-13-11-30-77(79)90(78-31-12-14-33-80(78)91)63-45-42-62(43-46-63)69-47-44-61-22-7-8-27-68(61)58-69/h1-60H. The number of hydrogen-bond acceptors (Lipinski definition) is 2. The Morgan fingerprint density at radius 2 is 0.590 bits per heavy atom. The van der Waals surface area contributed by atoms with Crippen LogP contribution in [0.4, 0.5) is 0 Å². The maximum atomic E-state index is 5.66. The molecule has 464 valence electrons. The summed E-state index contributed by atoms with van der Waals surface area (Å²) in [5.74, 6) is 1.81. The molecule has 0 saturated carbocycles. The van der Waals surface area contributed by atoms with E-state index in [0.29, 0.717) is 0 Å². The van der Waals surface area contributed by atoms with E-state index in [1.165, 1.54) is 120 Å². The molecule has 2 heterocycles. The summed E-state index contributed by atoms with van der Waals surface area (Å²) in [4.78, 5) is 10.8. The number of hydrogen-bond donors (Lipinski definition) is 0. The first kappa shape index (κ1) is 57.0. The van der Waals surface area contributed by atoms with Crippen LogP contribution in [0, 0.1) is 0 Å². The minimum atomic E-state index is 0.890. The Kier molecular flexibility index (Phi) is 13.2. The van der Waals surface area contributed by atoms with Gasteiger partial charge in [-0.3, -0.25) is 9.13 Å². The van der Waals surface area contributed by atoms with E-state index in [-0.39, 0.29) is 0 Å². The molecule has 20 aromatic rings. The van der Waals surface area contributed by atoms with Crippen molar-refractivity contribution in [3.63, 3.8) is 0 Å². The highest BCUT2D eigenvalue weighted by atomic mass is 15.1. The summed E-state index contributed by atoms with van der Waals surface area (Å²) in [5, 5.41) is 17.0.